The molecule has 2 fully saturated rings. The lowest BCUT2D eigenvalue weighted by molar-refractivity contribution is -0.136. The van der Waals surface area contributed by atoms with E-state index in [1.165, 1.54) is 0 Å². The number of piperazine rings is 1. The Morgan fingerprint density at radius 3 is 2.49 bits per heavy atom. The van der Waals surface area contributed by atoms with Crippen LogP contribution < -0.4 is 14.5 Å². The highest BCUT2D eigenvalue weighted by atomic mass is 16.5. The van der Waals surface area contributed by atoms with Crippen molar-refractivity contribution in [3.05, 3.63) is 54.1 Å². The number of anilines is 2. The molecule has 5 rings (SSSR count). The quantitative estimate of drug-likeness (QED) is 0.561. The van der Waals surface area contributed by atoms with Gasteiger partial charge in [0.05, 0.1) is 24.4 Å². The normalized spacial score (nSPS) is 18.6. The molecule has 184 valence electrons. The molecule has 0 saturated carbocycles. The summed E-state index contributed by atoms with van der Waals surface area (Å²) in [6.45, 7) is 8.62. The monoisotopic (exact) mass is 475 g/mol. The smallest absolute Gasteiger partial charge is 0.227 e. The number of hydrogen-bond acceptors (Lipinski definition) is 7. The predicted octanol–water partition coefficient (Wildman–Crippen LogP) is 2.85. The number of piperidine rings is 1. The lowest BCUT2D eigenvalue weighted by atomic mass is 9.96. The van der Waals surface area contributed by atoms with Crippen LogP contribution in [-0.2, 0) is 4.79 Å². The molecule has 1 aromatic carbocycles. The molecule has 0 spiro atoms. The Labute approximate surface area is 206 Å². The number of carbonyl (C=O) groups excluding carboxylic acids is 1. The number of nitrogens with zero attached hydrogens (tertiary/aromatic N) is 7. The Morgan fingerprint density at radius 1 is 0.971 bits per heavy atom. The van der Waals surface area contributed by atoms with E-state index in [4.69, 9.17) is 4.74 Å². The van der Waals surface area contributed by atoms with Crippen LogP contribution in [0.1, 0.15) is 24.2 Å². The standard InChI is InChI=1S/C26H33N7O2/c1-19-15-20(2)33(29-19)25-16-24(27-18-28-25)32-10-6-7-21(17-32)26(34)31-13-11-30(12-14-31)22-8-4-5-9-23(22)35-3/h4-5,8-9,15-16,18,21H,6-7,10-14,17H2,1-3H3. The second kappa shape index (κ2) is 9.93. The maximum absolute atomic E-state index is 13.4. The number of para-hydroxylation sites is 2. The summed E-state index contributed by atoms with van der Waals surface area (Å²) in [4.78, 5) is 28.9. The van der Waals surface area contributed by atoms with Crippen LogP contribution in [0.4, 0.5) is 11.5 Å². The summed E-state index contributed by atoms with van der Waals surface area (Å²) in [5, 5.41) is 4.55. The third-order valence-electron chi connectivity index (χ3n) is 6.98. The van der Waals surface area contributed by atoms with E-state index in [0.717, 1.165) is 80.0 Å². The van der Waals surface area contributed by atoms with E-state index in [1.807, 2.05) is 53.8 Å². The number of methoxy groups -OCH3 is 1. The Bertz CT molecular complexity index is 1190. The third-order valence-corrected chi connectivity index (χ3v) is 6.98. The van der Waals surface area contributed by atoms with E-state index >= 15 is 0 Å². The SMILES string of the molecule is COc1ccccc1N1CCN(C(=O)C2CCCN(c3cc(-n4nc(C)cc4C)ncn3)C2)CC1. The maximum Gasteiger partial charge on any atom is 0.227 e. The Balaban J connectivity index is 1.23. The number of ether oxygens (including phenoxy) is 1. The van der Waals surface area contributed by atoms with Crippen LogP contribution in [0.25, 0.3) is 5.82 Å². The first kappa shape index (κ1) is 23.1. The molecule has 9 nitrogen and oxygen atoms in total. The first-order chi connectivity index (χ1) is 17.0. The fourth-order valence-electron chi connectivity index (χ4n) is 5.19. The highest BCUT2D eigenvalue weighted by Crippen LogP contribution is 2.29. The number of aromatic nitrogens is 4. The van der Waals surface area contributed by atoms with Gasteiger partial charge in [-0.25, -0.2) is 14.6 Å². The summed E-state index contributed by atoms with van der Waals surface area (Å²) < 4.78 is 7.36. The van der Waals surface area contributed by atoms with Crippen molar-refractivity contribution in [1.82, 2.24) is 24.6 Å². The number of aryl methyl sites for hydroxylation is 2. The van der Waals surface area contributed by atoms with Crippen molar-refractivity contribution in [3.8, 4) is 11.6 Å². The Kier molecular flexibility index (Phi) is 6.57. The average molecular weight is 476 g/mol. The van der Waals surface area contributed by atoms with Gasteiger partial charge in [0, 0.05) is 51.0 Å². The van der Waals surface area contributed by atoms with Crippen LogP contribution in [0.2, 0.25) is 0 Å². The number of rotatable bonds is 5. The molecule has 1 atom stereocenters. The molecule has 4 heterocycles. The van der Waals surface area contributed by atoms with Gasteiger partial charge in [-0.15, -0.1) is 0 Å². The van der Waals surface area contributed by atoms with Crippen molar-refractivity contribution in [2.45, 2.75) is 26.7 Å². The second-order valence-corrected chi connectivity index (χ2v) is 9.34. The molecule has 2 aliphatic heterocycles. The minimum atomic E-state index is -0.0198. The van der Waals surface area contributed by atoms with Gasteiger partial charge in [0.15, 0.2) is 5.82 Å². The zero-order chi connectivity index (χ0) is 24.4. The number of hydrogen-bond donors (Lipinski definition) is 0. The lowest BCUT2D eigenvalue weighted by Crippen LogP contribution is -2.52. The van der Waals surface area contributed by atoms with Crippen molar-refractivity contribution in [2.75, 3.05) is 56.2 Å². The van der Waals surface area contributed by atoms with E-state index in [1.54, 1.807) is 13.4 Å². The molecule has 35 heavy (non-hydrogen) atoms. The third kappa shape index (κ3) is 4.80. The highest BCUT2D eigenvalue weighted by molar-refractivity contribution is 5.80. The summed E-state index contributed by atoms with van der Waals surface area (Å²) in [7, 11) is 1.70. The lowest BCUT2D eigenvalue weighted by Gasteiger charge is -2.40. The van der Waals surface area contributed by atoms with E-state index in [2.05, 4.69) is 30.9 Å². The maximum atomic E-state index is 13.4. The molecule has 0 aliphatic carbocycles. The molecule has 2 aromatic heterocycles. The van der Waals surface area contributed by atoms with Crippen LogP contribution in [-0.4, -0.2) is 76.9 Å². The van der Waals surface area contributed by atoms with Crippen LogP contribution in [0, 0.1) is 19.8 Å². The molecule has 1 unspecified atom stereocenters. The van der Waals surface area contributed by atoms with Gasteiger partial charge in [-0.05, 0) is 44.9 Å². The van der Waals surface area contributed by atoms with Crippen molar-refractivity contribution in [2.24, 2.45) is 5.92 Å². The first-order valence-corrected chi connectivity index (χ1v) is 12.3. The fourth-order valence-corrected chi connectivity index (χ4v) is 5.19. The highest BCUT2D eigenvalue weighted by Gasteiger charge is 2.32. The molecule has 3 aromatic rings. The van der Waals surface area contributed by atoms with Gasteiger partial charge in [0.25, 0.3) is 0 Å². The van der Waals surface area contributed by atoms with Crippen molar-refractivity contribution in [3.63, 3.8) is 0 Å². The summed E-state index contributed by atoms with van der Waals surface area (Å²) in [6, 6.07) is 12.1. The molecule has 1 amide bonds. The minimum absolute atomic E-state index is 0.0198. The molecule has 2 saturated heterocycles. The largest absolute Gasteiger partial charge is 0.495 e. The summed E-state index contributed by atoms with van der Waals surface area (Å²) in [5.74, 6) is 2.71. The Morgan fingerprint density at radius 2 is 1.74 bits per heavy atom. The van der Waals surface area contributed by atoms with Crippen molar-refractivity contribution >= 4 is 17.4 Å². The van der Waals surface area contributed by atoms with Gasteiger partial charge in [0.2, 0.25) is 5.91 Å². The predicted molar refractivity (Wildman–Crippen MR) is 135 cm³/mol. The molecular weight excluding hydrogens is 442 g/mol. The van der Waals surface area contributed by atoms with Gasteiger partial charge in [-0.1, -0.05) is 12.1 Å². The number of carbonyl (C=O) groups is 1. The minimum Gasteiger partial charge on any atom is -0.495 e. The molecule has 2 aliphatic rings. The van der Waals surface area contributed by atoms with E-state index < -0.39 is 0 Å². The van der Waals surface area contributed by atoms with Gasteiger partial charge >= 0.3 is 0 Å². The zero-order valence-electron chi connectivity index (χ0n) is 20.7. The van der Waals surface area contributed by atoms with Gasteiger partial charge in [-0.2, -0.15) is 5.10 Å². The van der Waals surface area contributed by atoms with E-state index in [-0.39, 0.29) is 11.8 Å². The van der Waals surface area contributed by atoms with Crippen LogP contribution >= 0.6 is 0 Å². The summed E-state index contributed by atoms with van der Waals surface area (Å²) >= 11 is 0. The van der Waals surface area contributed by atoms with Crippen LogP contribution in [0.5, 0.6) is 5.75 Å². The fraction of sp³-hybridized carbons (Fsp3) is 0.462. The molecule has 0 bridgehead atoms. The zero-order valence-corrected chi connectivity index (χ0v) is 20.7. The van der Waals surface area contributed by atoms with Gasteiger partial charge < -0.3 is 19.4 Å². The number of benzene rings is 1. The molecular formula is C26H33N7O2. The Hall–Kier alpha value is -3.62. The summed E-state index contributed by atoms with van der Waals surface area (Å²) in [5.41, 5.74) is 3.08. The summed E-state index contributed by atoms with van der Waals surface area (Å²) in [6.07, 6.45) is 3.47. The van der Waals surface area contributed by atoms with Gasteiger partial charge in [0.1, 0.15) is 17.9 Å². The van der Waals surface area contributed by atoms with Crippen molar-refractivity contribution < 1.29 is 9.53 Å². The molecule has 0 radical (unpaired) electrons. The number of amides is 1. The van der Waals surface area contributed by atoms with Gasteiger partial charge in [-0.3, -0.25) is 4.79 Å². The topological polar surface area (TPSA) is 79.6 Å². The van der Waals surface area contributed by atoms with Crippen molar-refractivity contribution in [1.29, 1.82) is 0 Å². The van der Waals surface area contributed by atoms with E-state index in [9.17, 15) is 4.79 Å². The molecule has 9 heteroatoms. The average Bonchev–Trinajstić information content (AvgIpc) is 3.26. The first-order valence-electron chi connectivity index (χ1n) is 12.3. The second-order valence-electron chi connectivity index (χ2n) is 9.34. The van der Waals surface area contributed by atoms with Crippen LogP contribution in [0.3, 0.4) is 0 Å². The van der Waals surface area contributed by atoms with Crippen LogP contribution in [0.15, 0.2) is 42.7 Å². The van der Waals surface area contributed by atoms with E-state index in [0.29, 0.717) is 6.54 Å². The molecule has 0 N–H and O–H groups in total.